The molecule has 1 N–H and O–H groups in total. The maximum absolute atomic E-state index is 11.2. The molecule has 0 bridgehead atoms. The third-order valence-electron chi connectivity index (χ3n) is 4.81. The second kappa shape index (κ2) is 4.67. The van der Waals surface area contributed by atoms with Gasteiger partial charge < -0.3 is 9.84 Å². The second-order valence-electron chi connectivity index (χ2n) is 5.84. The smallest absolute Gasteiger partial charge is 0.0929 e. The number of hydrogen-bond acceptors (Lipinski definition) is 2. The van der Waals surface area contributed by atoms with Crippen molar-refractivity contribution in [2.24, 2.45) is 5.92 Å². The van der Waals surface area contributed by atoms with Crippen molar-refractivity contribution in [3.8, 4) is 0 Å². The fourth-order valence-corrected chi connectivity index (χ4v) is 3.65. The molecule has 2 heteroatoms. The maximum Gasteiger partial charge on any atom is 0.0929 e. The van der Waals surface area contributed by atoms with Crippen molar-refractivity contribution in [3.05, 3.63) is 35.4 Å². The molecule has 0 spiro atoms. The Morgan fingerprint density at radius 1 is 1.17 bits per heavy atom. The number of benzene rings is 1. The monoisotopic (exact) mass is 246 g/mol. The summed E-state index contributed by atoms with van der Waals surface area (Å²) in [6.07, 6.45) is 3.96. The van der Waals surface area contributed by atoms with Crippen LogP contribution < -0.4 is 0 Å². The van der Waals surface area contributed by atoms with E-state index in [2.05, 4.69) is 31.2 Å². The van der Waals surface area contributed by atoms with Crippen molar-refractivity contribution in [1.82, 2.24) is 0 Å². The highest BCUT2D eigenvalue weighted by molar-refractivity contribution is 5.37. The van der Waals surface area contributed by atoms with E-state index in [-0.39, 0.29) is 0 Å². The lowest BCUT2D eigenvalue weighted by molar-refractivity contribution is -0.0824. The zero-order valence-corrected chi connectivity index (χ0v) is 11.1. The molecule has 1 aromatic carbocycles. The summed E-state index contributed by atoms with van der Waals surface area (Å²) < 4.78 is 5.43. The van der Waals surface area contributed by atoms with Crippen LogP contribution in [-0.2, 0) is 10.3 Å². The first-order valence-electron chi connectivity index (χ1n) is 7.11. The molecule has 0 aromatic heterocycles. The van der Waals surface area contributed by atoms with Gasteiger partial charge in [0.15, 0.2) is 0 Å². The number of fused-ring (bicyclic) bond motifs is 1. The van der Waals surface area contributed by atoms with Crippen LogP contribution >= 0.6 is 0 Å². The number of ether oxygens (including phenoxy) is 1. The Bertz CT molecular complexity index is 423. The first kappa shape index (κ1) is 12.2. The molecule has 1 heterocycles. The molecule has 98 valence electrons. The largest absolute Gasteiger partial charge is 0.385 e. The predicted octanol–water partition coefficient (Wildman–Crippen LogP) is 3.20. The van der Waals surface area contributed by atoms with Crippen LogP contribution in [0, 0.1) is 5.92 Å². The van der Waals surface area contributed by atoms with E-state index in [9.17, 15) is 5.11 Å². The Labute approximate surface area is 109 Å². The first-order valence-corrected chi connectivity index (χ1v) is 7.11. The van der Waals surface area contributed by atoms with E-state index < -0.39 is 5.60 Å². The van der Waals surface area contributed by atoms with Crippen LogP contribution in [0.5, 0.6) is 0 Å². The molecule has 1 aliphatic carbocycles. The van der Waals surface area contributed by atoms with Crippen molar-refractivity contribution in [2.45, 2.75) is 44.1 Å². The topological polar surface area (TPSA) is 29.5 Å². The van der Waals surface area contributed by atoms with E-state index in [0.29, 0.717) is 11.8 Å². The van der Waals surface area contributed by atoms with E-state index in [4.69, 9.17) is 4.74 Å². The molecule has 1 aromatic rings. The molecular formula is C16H22O2. The normalized spacial score (nSPS) is 33.1. The minimum absolute atomic E-state index is 0.361. The van der Waals surface area contributed by atoms with Crippen LogP contribution in [0.1, 0.15) is 49.7 Å². The summed E-state index contributed by atoms with van der Waals surface area (Å²) in [7, 11) is 0. The summed E-state index contributed by atoms with van der Waals surface area (Å²) in [6.45, 7) is 3.86. The molecule has 0 amide bonds. The first-order chi connectivity index (χ1) is 8.72. The Hall–Kier alpha value is -0.860. The highest BCUT2D eigenvalue weighted by atomic mass is 16.5. The zero-order valence-electron chi connectivity index (χ0n) is 11.1. The van der Waals surface area contributed by atoms with E-state index in [1.807, 2.05) is 0 Å². The fraction of sp³-hybridized carbons (Fsp3) is 0.625. The van der Waals surface area contributed by atoms with Gasteiger partial charge in [-0.05, 0) is 48.6 Å². The average Bonchev–Trinajstić information content (AvgIpc) is 2.44. The third kappa shape index (κ3) is 1.88. The van der Waals surface area contributed by atoms with Crippen LogP contribution in [0.4, 0.5) is 0 Å². The molecule has 2 atom stereocenters. The summed E-state index contributed by atoms with van der Waals surface area (Å²) in [6, 6.07) is 8.45. The molecule has 2 aliphatic rings. The van der Waals surface area contributed by atoms with E-state index in [0.717, 1.165) is 38.9 Å². The van der Waals surface area contributed by atoms with Crippen molar-refractivity contribution < 1.29 is 9.84 Å². The van der Waals surface area contributed by atoms with E-state index >= 15 is 0 Å². The summed E-state index contributed by atoms with van der Waals surface area (Å²) in [5.41, 5.74) is 1.90. The summed E-state index contributed by atoms with van der Waals surface area (Å²) in [5.74, 6) is 0.932. The molecular weight excluding hydrogens is 224 g/mol. The van der Waals surface area contributed by atoms with Crippen LogP contribution in [0.2, 0.25) is 0 Å². The summed E-state index contributed by atoms with van der Waals surface area (Å²) in [4.78, 5) is 0. The van der Waals surface area contributed by atoms with E-state index in [1.54, 1.807) is 0 Å². The molecule has 18 heavy (non-hydrogen) atoms. The average molecular weight is 246 g/mol. The fourth-order valence-electron chi connectivity index (χ4n) is 3.65. The van der Waals surface area contributed by atoms with Gasteiger partial charge in [0, 0.05) is 13.2 Å². The van der Waals surface area contributed by atoms with E-state index in [1.165, 1.54) is 11.1 Å². The lowest BCUT2D eigenvalue weighted by Gasteiger charge is -2.44. The van der Waals surface area contributed by atoms with Crippen molar-refractivity contribution in [2.75, 3.05) is 13.2 Å². The standard InChI is InChI=1S/C16H22O2/c1-12-6-9-16(17,13-7-10-18-11-8-13)15-5-3-2-4-14(12)15/h2-5,12-13,17H,6-11H2,1H3. The Morgan fingerprint density at radius 2 is 1.89 bits per heavy atom. The van der Waals surface area contributed by atoms with Crippen molar-refractivity contribution in [1.29, 1.82) is 0 Å². The van der Waals surface area contributed by atoms with Crippen molar-refractivity contribution in [3.63, 3.8) is 0 Å². The summed E-state index contributed by atoms with van der Waals surface area (Å²) in [5, 5.41) is 11.2. The van der Waals surface area contributed by atoms with Crippen LogP contribution in [-0.4, -0.2) is 18.3 Å². The van der Waals surface area contributed by atoms with Gasteiger partial charge >= 0.3 is 0 Å². The molecule has 2 unspecified atom stereocenters. The van der Waals surface area contributed by atoms with Gasteiger partial charge in [0.05, 0.1) is 5.60 Å². The molecule has 1 fully saturated rings. The Balaban J connectivity index is 1.99. The maximum atomic E-state index is 11.2. The number of hydrogen-bond donors (Lipinski definition) is 1. The molecule has 0 radical (unpaired) electrons. The van der Waals surface area contributed by atoms with Gasteiger partial charge in [-0.1, -0.05) is 31.2 Å². The molecule has 2 nitrogen and oxygen atoms in total. The van der Waals surface area contributed by atoms with Crippen LogP contribution in [0.3, 0.4) is 0 Å². The minimum Gasteiger partial charge on any atom is -0.385 e. The number of rotatable bonds is 1. The Morgan fingerprint density at radius 3 is 2.67 bits per heavy atom. The SMILES string of the molecule is CC1CCC(O)(C2CCOCC2)c2ccccc21. The van der Waals surface area contributed by atoms with Gasteiger partial charge in [0.25, 0.3) is 0 Å². The van der Waals surface area contributed by atoms with Gasteiger partial charge in [0.2, 0.25) is 0 Å². The quantitative estimate of drug-likeness (QED) is 0.824. The van der Waals surface area contributed by atoms with Gasteiger partial charge in [0.1, 0.15) is 0 Å². The minimum atomic E-state index is -0.618. The van der Waals surface area contributed by atoms with Gasteiger partial charge in [-0.25, -0.2) is 0 Å². The lowest BCUT2D eigenvalue weighted by Crippen LogP contribution is -2.41. The lowest BCUT2D eigenvalue weighted by atomic mass is 9.67. The summed E-state index contributed by atoms with van der Waals surface area (Å²) >= 11 is 0. The molecule has 3 rings (SSSR count). The van der Waals surface area contributed by atoms with Gasteiger partial charge in [-0.15, -0.1) is 0 Å². The molecule has 1 saturated heterocycles. The van der Waals surface area contributed by atoms with Crippen LogP contribution in [0.15, 0.2) is 24.3 Å². The Kier molecular flexibility index (Phi) is 3.16. The zero-order chi connectivity index (χ0) is 12.6. The predicted molar refractivity (Wildman–Crippen MR) is 71.5 cm³/mol. The molecule has 1 aliphatic heterocycles. The number of aliphatic hydroxyl groups is 1. The van der Waals surface area contributed by atoms with Gasteiger partial charge in [-0.2, -0.15) is 0 Å². The van der Waals surface area contributed by atoms with Gasteiger partial charge in [-0.3, -0.25) is 0 Å². The highest BCUT2D eigenvalue weighted by Gasteiger charge is 2.43. The molecule has 0 saturated carbocycles. The third-order valence-corrected chi connectivity index (χ3v) is 4.81. The van der Waals surface area contributed by atoms with Crippen LogP contribution in [0.25, 0.3) is 0 Å². The second-order valence-corrected chi connectivity index (χ2v) is 5.84. The van der Waals surface area contributed by atoms with Crippen molar-refractivity contribution >= 4 is 0 Å². The highest BCUT2D eigenvalue weighted by Crippen LogP contribution is 2.47.